The molecule has 0 spiro atoms. The Morgan fingerprint density at radius 2 is 1.85 bits per heavy atom. The Morgan fingerprint density at radius 1 is 1.19 bits per heavy atom. The second kappa shape index (κ2) is 8.62. The van der Waals surface area contributed by atoms with Crippen molar-refractivity contribution >= 4 is 17.7 Å². The molecule has 6 nitrogen and oxygen atoms in total. The molecular formula is C20H22FNO5. The van der Waals surface area contributed by atoms with E-state index in [1.165, 1.54) is 25.1 Å². The molecule has 1 aromatic heterocycles. The maximum Gasteiger partial charge on any atom is 0.340 e. The van der Waals surface area contributed by atoms with E-state index in [0.29, 0.717) is 16.8 Å². The number of aromatic amines is 1. The molecule has 0 aliphatic heterocycles. The number of rotatable bonds is 7. The summed E-state index contributed by atoms with van der Waals surface area (Å²) < 4.78 is 23.8. The number of halogens is 1. The molecule has 0 aliphatic rings. The number of aryl methyl sites for hydroxylation is 1. The standard InChI is InChI=1S/C20H22FNO5/c1-5-26-20(25)17-11(2)18(22-12(17)3)19(24)13(4)27-16(23)10-14-8-6-7-9-15(14)21/h6-9,13,22H,5,10H2,1-4H3/t13-/m0/s1. The molecule has 0 aliphatic carbocycles. The van der Waals surface area contributed by atoms with E-state index < -0.39 is 29.6 Å². The quantitative estimate of drug-likeness (QED) is 0.593. The van der Waals surface area contributed by atoms with Crippen LogP contribution in [0.1, 0.15) is 51.5 Å². The van der Waals surface area contributed by atoms with Crippen LogP contribution in [0.5, 0.6) is 0 Å². The van der Waals surface area contributed by atoms with Crippen LogP contribution >= 0.6 is 0 Å². The Kier molecular flexibility index (Phi) is 6.50. The SMILES string of the molecule is CCOC(=O)c1c(C)[nH]c(C(=O)[C@H](C)OC(=O)Cc2ccccc2F)c1C. The van der Waals surface area contributed by atoms with Crippen LogP contribution in [0, 0.1) is 19.7 Å². The number of nitrogens with one attached hydrogen (secondary N) is 1. The molecule has 2 aromatic rings. The van der Waals surface area contributed by atoms with Crippen molar-refractivity contribution in [2.45, 2.75) is 40.2 Å². The van der Waals surface area contributed by atoms with Crippen molar-refractivity contribution in [3.8, 4) is 0 Å². The number of ether oxygens (including phenoxy) is 2. The number of esters is 2. The number of carbonyl (C=O) groups is 3. The van der Waals surface area contributed by atoms with Crippen LogP contribution in [0.4, 0.5) is 4.39 Å². The maximum absolute atomic E-state index is 13.6. The van der Waals surface area contributed by atoms with E-state index in [4.69, 9.17) is 9.47 Å². The third-order valence-electron chi connectivity index (χ3n) is 4.13. The van der Waals surface area contributed by atoms with E-state index in [1.807, 2.05) is 0 Å². The summed E-state index contributed by atoms with van der Waals surface area (Å²) in [4.78, 5) is 39.6. The second-order valence-corrected chi connectivity index (χ2v) is 6.11. The minimum absolute atomic E-state index is 0.182. The van der Waals surface area contributed by atoms with Crippen molar-refractivity contribution in [1.29, 1.82) is 0 Å². The average molecular weight is 375 g/mol. The summed E-state index contributed by atoms with van der Waals surface area (Å²) in [6.07, 6.45) is -1.36. The van der Waals surface area contributed by atoms with Crippen LogP contribution in [-0.4, -0.2) is 35.4 Å². The van der Waals surface area contributed by atoms with Gasteiger partial charge in [-0.3, -0.25) is 9.59 Å². The van der Waals surface area contributed by atoms with Crippen molar-refractivity contribution in [3.63, 3.8) is 0 Å². The van der Waals surface area contributed by atoms with Gasteiger partial charge in [0.1, 0.15) is 5.82 Å². The Labute approximate surface area is 156 Å². The molecule has 1 N–H and O–H groups in total. The molecule has 0 saturated heterocycles. The van der Waals surface area contributed by atoms with E-state index in [9.17, 15) is 18.8 Å². The number of ketones is 1. The van der Waals surface area contributed by atoms with Gasteiger partial charge < -0.3 is 14.5 Å². The van der Waals surface area contributed by atoms with Gasteiger partial charge in [-0.15, -0.1) is 0 Å². The van der Waals surface area contributed by atoms with Crippen LogP contribution in [0.15, 0.2) is 24.3 Å². The van der Waals surface area contributed by atoms with Crippen LogP contribution in [-0.2, 0) is 20.7 Å². The molecule has 0 unspecified atom stereocenters. The molecule has 2 rings (SSSR count). The van der Waals surface area contributed by atoms with Crippen molar-refractivity contribution < 1.29 is 28.2 Å². The second-order valence-electron chi connectivity index (χ2n) is 6.11. The summed E-state index contributed by atoms with van der Waals surface area (Å²) >= 11 is 0. The molecule has 0 fully saturated rings. The molecule has 0 saturated carbocycles. The highest BCUT2D eigenvalue weighted by molar-refractivity contribution is 6.04. The summed E-state index contributed by atoms with van der Waals surface area (Å²) in [5, 5.41) is 0. The Morgan fingerprint density at radius 3 is 2.48 bits per heavy atom. The smallest absolute Gasteiger partial charge is 0.340 e. The highest BCUT2D eigenvalue weighted by atomic mass is 19.1. The Bertz CT molecular complexity index is 871. The summed E-state index contributed by atoms with van der Waals surface area (Å²) in [5.41, 5.74) is 1.61. The lowest BCUT2D eigenvalue weighted by atomic mass is 10.1. The third kappa shape index (κ3) is 4.61. The third-order valence-corrected chi connectivity index (χ3v) is 4.13. The lowest BCUT2D eigenvalue weighted by Crippen LogP contribution is -2.26. The van der Waals surface area contributed by atoms with Gasteiger partial charge in [0.2, 0.25) is 5.78 Å². The minimum atomic E-state index is -1.09. The molecule has 0 amide bonds. The van der Waals surface area contributed by atoms with Crippen LogP contribution in [0.3, 0.4) is 0 Å². The first kappa shape index (κ1) is 20.4. The molecule has 1 heterocycles. The van der Waals surface area contributed by atoms with Gasteiger partial charge in [-0.05, 0) is 44.9 Å². The predicted octanol–water partition coefficient (Wildman–Crippen LogP) is 3.30. The molecule has 144 valence electrons. The minimum Gasteiger partial charge on any atom is -0.462 e. The highest BCUT2D eigenvalue weighted by Gasteiger charge is 2.27. The summed E-state index contributed by atoms with van der Waals surface area (Å²) in [6, 6.07) is 5.86. The molecule has 27 heavy (non-hydrogen) atoms. The molecule has 0 radical (unpaired) electrons. The normalized spacial score (nSPS) is 11.7. The molecule has 1 aromatic carbocycles. The number of hydrogen-bond acceptors (Lipinski definition) is 5. The first-order valence-corrected chi connectivity index (χ1v) is 8.59. The van der Waals surface area contributed by atoms with Crippen molar-refractivity contribution in [2.24, 2.45) is 0 Å². The van der Waals surface area contributed by atoms with Gasteiger partial charge in [-0.25, -0.2) is 9.18 Å². The number of Topliss-reactive ketones (excluding diaryl/α,β-unsaturated/α-hetero) is 1. The van der Waals surface area contributed by atoms with Gasteiger partial charge >= 0.3 is 11.9 Å². The fraction of sp³-hybridized carbons (Fsp3) is 0.350. The molecular weight excluding hydrogens is 353 g/mol. The van der Waals surface area contributed by atoms with Gasteiger partial charge in [-0.1, -0.05) is 18.2 Å². The zero-order chi connectivity index (χ0) is 20.1. The molecule has 1 atom stereocenters. The van der Waals surface area contributed by atoms with Crippen LogP contribution in [0.2, 0.25) is 0 Å². The number of aromatic nitrogens is 1. The number of carbonyl (C=O) groups excluding carboxylic acids is 3. The van der Waals surface area contributed by atoms with E-state index in [2.05, 4.69) is 4.98 Å². The fourth-order valence-corrected chi connectivity index (χ4v) is 2.80. The first-order valence-electron chi connectivity index (χ1n) is 8.59. The average Bonchev–Trinajstić information content (AvgIpc) is 2.90. The van der Waals surface area contributed by atoms with Crippen molar-refractivity contribution in [1.82, 2.24) is 4.98 Å². The Hall–Kier alpha value is -2.96. The Balaban J connectivity index is 2.11. The van der Waals surface area contributed by atoms with E-state index in [1.54, 1.807) is 26.8 Å². The number of benzene rings is 1. The van der Waals surface area contributed by atoms with E-state index >= 15 is 0 Å². The van der Waals surface area contributed by atoms with Crippen molar-refractivity contribution in [2.75, 3.05) is 6.61 Å². The predicted molar refractivity (Wildman–Crippen MR) is 96.2 cm³/mol. The zero-order valence-corrected chi connectivity index (χ0v) is 15.7. The van der Waals surface area contributed by atoms with Gasteiger partial charge in [0.25, 0.3) is 0 Å². The fourth-order valence-electron chi connectivity index (χ4n) is 2.80. The summed E-state index contributed by atoms with van der Waals surface area (Å²) in [7, 11) is 0. The van der Waals surface area contributed by atoms with E-state index in [0.717, 1.165) is 0 Å². The largest absolute Gasteiger partial charge is 0.462 e. The summed E-state index contributed by atoms with van der Waals surface area (Å²) in [6.45, 7) is 6.62. The van der Waals surface area contributed by atoms with Gasteiger partial charge in [0, 0.05) is 5.69 Å². The van der Waals surface area contributed by atoms with E-state index in [-0.39, 0.29) is 24.3 Å². The maximum atomic E-state index is 13.6. The first-order chi connectivity index (χ1) is 12.8. The lowest BCUT2D eigenvalue weighted by molar-refractivity contribution is -0.145. The van der Waals surface area contributed by atoms with Crippen LogP contribution in [0.25, 0.3) is 0 Å². The van der Waals surface area contributed by atoms with Gasteiger partial charge in [0.05, 0.1) is 24.3 Å². The van der Waals surface area contributed by atoms with Gasteiger partial charge in [-0.2, -0.15) is 0 Å². The van der Waals surface area contributed by atoms with Gasteiger partial charge in [0.15, 0.2) is 6.10 Å². The summed E-state index contributed by atoms with van der Waals surface area (Å²) in [5.74, 6) is -2.23. The van der Waals surface area contributed by atoms with Crippen molar-refractivity contribution in [3.05, 3.63) is 58.2 Å². The zero-order valence-electron chi connectivity index (χ0n) is 15.7. The molecule has 0 bridgehead atoms. The number of H-pyrrole nitrogens is 1. The monoisotopic (exact) mass is 375 g/mol. The molecule has 7 heteroatoms. The lowest BCUT2D eigenvalue weighted by Gasteiger charge is -2.12. The topological polar surface area (TPSA) is 85.5 Å². The van der Waals surface area contributed by atoms with Crippen LogP contribution < -0.4 is 0 Å². The number of hydrogen-bond donors (Lipinski definition) is 1. The highest BCUT2D eigenvalue weighted by Crippen LogP contribution is 2.21.